The van der Waals surface area contributed by atoms with Gasteiger partial charge in [0.1, 0.15) is 11.7 Å². The molecule has 1 aliphatic rings. The van der Waals surface area contributed by atoms with E-state index >= 15 is 0 Å². The molecule has 18 heavy (non-hydrogen) atoms. The summed E-state index contributed by atoms with van der Waals surface area (Å²) in [6.07, 6.45) is 0.317. The summed E-state index contributed by atoms with van der Waals surface area (Å²) in [5.41, 5.74) is 1.49. The number of rotatable bonds is 2. The van der Waals surface area contributed by atoms with Crippen LogP contribution in [0.3, 0.4) is 0 Å². The van der Waals surface area contributed by atoms with Crippen LogP contribution in [0.4, 0.5) is 5.69 Å². The van der Waals surface area contributed by atoms with Gasteiger partial charge in [0.25, 0.3) is 0 Å². The van der Waals surface area contributed by atoms with E-state index in [0.717, 1.165) is 5.56 Å². The van der Waals surface area contributed by atoms with E-state index in [-0.39, 0.29) is 18.3 Å². The van der Waals surface area contributed by atoms with E-state index in [1.165, 1.54) is 11.0 Å². The summed E-state index contributed by atoms with van der Waals surface area (Å²) in [6, 6.07) is 4.79. The smallest absolute Gasteiger partial charge is 0.318 e. The summed E-state index contributed by atoms with van der Waals surface area (Å²) in [6.45, 7) is 1.97. The number of carbonyl (C=O) groups is 2. The van der Waals surface area contributed by atoms with Crippen LogP contribution in [0.1, 0.15) is 12.5 Å². The standard InChI is InChI=1S/C13H15NO4/c1-3-18-13(17)10-6-8-4-5-9(15)7-11(8)14(2)12(10)16/h4-5,7,10,15H,3,6H2,1-2H3. The molecule has 1 aliphatic heterocycles. The Hall–Kier alpha value is -2.04. The first-order chi connectivity index (χ1) is 8.54. The number of carbonyl (C=O) groups excluding carboxylic acids is 2. The minimum absolute atomic E-state index is 0.1000. The molecule has 0 radical (unpaired) electrons. The summed E-state index contributed by atoms with van der Waals surface area (Å²) in [5.74, 6) is -1.48. The van der Waals surface area contributed by atoms with E-state index in [1.54, 1.807) is 26.1 Å². The van der Waals surface area contributed by atoms with Crippen molar-refractivity contribution in [1.29, 1.82) is 0 Å². The Kier molecular flexibility index (Phi) is 3.23. The molecule has 0 saturated heterocycles. The zero-order chi connectivity index (χ0) is 13.3. The molecule has 1 heterocycles. The van der Waals surface area contributed by atoms with Gasteiger partial charge in [0.2, 0.25) is 5.91 Å². The highest BCUT2D eigenvalue weighted by Gasteiger charge is 2.36. The van der Waals surface area contributed by atoms with Gasteiger partial charge in [0.15, 0.2) is 0 Å². The average Bonchev–Trinajstić information content (AvgIpc) is 2.34. The van der Waals surface area contributed by atoms with Gasteiger partial charge in [-0.15, -0.1) is 0 Å². The molecule has 0 saturated carbocycles. The third-order valence-corrected chi connectivity index (χ3v) is 3.05. The van der Waals surface area contributed by atoms with Crippen LogP contribution in [0, 0.1) is 5.92 Å². The highest BCUT2D eigenvalue weighted by atomic mass is 16.5. The van der Waals surface area contributed by atoms with E-state index < -0.39 is 11.9 Å². The Balaban J connectivity index is 2.34. The molecule has 1 amide bonds. The van der Waals surface area contributed by atoms with Crippen molar-refractivity contribution in [2.75, 3.05) is 18.6 Å². The highest BCUT2D eigenvalue weighted by molar-refractivity contribution is 6.08. The van der Waals surface area contributed by atoms with Crippen LogP contribution in [0.15, 0.2) is 18.2 Å². The summed E-state index contributed by atoms with van der Waals surface area (Å²) in [7, 11) is 1.59. The highest BCUT2D eigenvalue weighted by Crippen LogP contribution is 2.32. The number of benzene rings is 1. The molecule has 1 aromatic carbocycles. The monoisotopic (exact) mass is 249 g/mol. The maximum atomic E-state index is 12.1. The Morgan fingerprint density at radius 3 is 2.94 bits per heavy atom. The van der Waals surface area contributed by atoms with Gasteiger partial charge in [-0.25, -0.2) is 0 Å². The van der Waals surface area contributed by atoms with Crippen molar-refractivity contribution < 1.29 is 19.4 Å². The molecule has 2 rings (SSSR count). The summed E-state index contributed by atoms with van der Waals surface area (Å²) in [5, 5.41) is 9.42. The Morgan fingerprint density at radius 1 is 1.56 bits per heavy atom. The molecule has 1 aromatic rings. The zero-order valence-electron chi connectivity index (χ0n) is 10.3. The number of nitrogens with zero attached hydrogens (tertiary/aromatic N) is 1. The molecule has 96 valence electrons. The molecule has 0 aliphatic carbocycles. The van der Waals surface area contributed by atoms with Gasteiger partial charge in [-0.2, -0.15) is 0 Å². The number of aromatic hydroxyl groups is 1. The first-order valence-electron chi connectivity index (χ1n) is 5.80. The molecule has 5 heteroatoms. The fourth-order valence-corrected chi connectivity index (χ4v) is 2.12. The van der Waals surface area contributed by atoms with Crippen molar-refractivity contribution in [2.45, 2.75) is 13.3 Å². The van der Waals surface area contributed by atoms with E-state index in [4.69, 9.17) is 4.74 Å². The van der Waals surface area contributed by atoms with E-state index in [0.29, 0.717) is 12.1 Å². The number of anilines is 1. The van der Waals surface area contributed by atoms with Crippen LogP contribution in [0.25, 0.3) is 0 Å². The second-order valence-electron chi connectivity index (χ2n) is 4.22. The van der Waals surface area contributed by atoms with Crippen LogP contribution < -0.4 is 4.90 Å². The zero-order valence-corrected chi connectivity index (χ0v) is 10.3. The van der Waals surface area contributed by atoms with Crippen LogP contribution in [-0.2, 0) is 20.7 Å². The minimum Gasteiger partial charge on any atom is -0.508 e. The minimum atomic E-state index is -0.785. The van der Waals surface area contributed by atoms with Crippen LogP contribution in [0.2, 0.25) is 0 Å². The predicted octanol–water partition coefficient (Wildman–Crippen LogP) is 1.09. The molecule has 1 atom stereocenters. The third kappa shape index (κ3) is 2.03. The topological polar surface area (TPSA) is 66.8 Å². The summed E-state index contributed by atoms with van der Waals surface area (Å²) in [4.78, 5) is 25.2. The van der Waals surface area contributed by atoms with Gasteiger partial charge < -0.3 is 14.7 Å². The number of hydrogen-bond donors (Lipinski definition) is 1. The lowest BCUT2D eigenvalue weighted by Gasteiger charge is -2.30. The molecule has 0 fully saturated rings. The third-order valence-electron chi connectivity index (χ3n) is 3.05. The second-order valence-corrected chi connectivity index (χ2v) is 4.22. The Bertz CT molecular complexity index is 498. The van der Waals surface area contributed by atoms with Crippen molar-refractivity contribution >= 4 is 17.6 Å². The maximum Gasteiger partial charge on any atom is 0.318 e. The lowest BCUT2D eigenvalue weighted by Crippen LogP contribution is -2.42. The molecule has 0 aromatic heterocycles. The van der Waals surface area contributed by atoms with Gasteiger partial charge in [-0.05, 0) is 25.0 Å². The van der Waals surface area contributed by atoms with Gasteiger partial charge >= 0.3 is 5.97 Å². The number of esters is 1. The SMILES string of the molecule is CCOC(=O)C1Cc2ccc(O)cc2N(C)C1=O. The average molecular weight is 249 g/mol. The quantitative estimate of drug-likeness (QED) is 0.629. The molecule has 0 spiro atoms. The predicted molar refractivity (Wildman–Crippen MR) is 65.3 cm³/mol. The molecule has 0 bridgehead atoms. The normalized spacial score (nSPS) is 18.4. The van der Waals surface area contributed by atoms with Crippen LogP contribution in [-0.4, -0.2) is 30.6 Å². The first kappa shape index (κ1) is 12.4. The fourth-order valence-electron chi connectivity index (χ4n) is 2.12. The number of phenols is 1. The molecular formula is C13H15NO4. The van der Waals surface area contributed by atoms with Gasteiger partial charge in [-0.3, -0.25) is 9.59 Å². The van der Waals surface area contributed by atoms with Gasteiger partial charge in [0.05, 0.1) is 12.3 Å². The van der Waals surface area contributed by atoms with E-state index in [2.05, 4.69) is 0 Å². The van der Waals surface area contributed by atoms with Crippen molar-refractivity contribution in [3.63, 3.8) is 0 Å². The van der Waals surface area contributed by atoms with E-state index in [9.17, 15) is 14.7 Å². The largest absolute Gasteiger partial charge is 0.508 e. The molecule has 5 nitrogen and oxygen atoms in total. The number of phenolic OH excluding ortho intramolecular Hbond substituents is 1. The van der Waals surface area contributed by atoms with Crippen LogP contribution in [0.5, 0.6) is 5.75 Å². The lowest BCUT2D eigenvalue weighted by atomic mass is 9.92. The Morgan fingerprint density at radius 2 is 2.28 bits per heavy atom. The molecule has 1 unspecified atom stereocenters. The van der Waals surface area contributed by atoms with Crippen molar-refractivity contribution in [3.05, 3.63) is 23.8 Å². The first-order valence-corrected chi connectivity index (χ1v) is 5.80. The van der Waals surface area contributed by atoms with Gasteiger partial charge in [0, 0.05) is 13.1 Å². The fraction of sp³-hybridized carbons (Fsp3) is 0.385. The van der Waals surface area contributed by atoms with Gasteiger partial charge in [-0.1, -0.05) is 6.07 Å². The van der Waals surface area contributed by atoms with E-state index in [1.807, 2.05) is 0 Å². The van der Waals surface area contributed by atoms with Crippen molar-refractivity contribution in [2.24, 2.45) is 5.92 Å². The lowest BCUT2D eigenvalue weighted by molar-refractivity contribution is -0.151. The molecule has 1 N–H and O–H groups in total. The van der Waals surface area contributed by atoms with Crippen molar-refractivity contribution in [3.8, 4) is 5.75 Å². The summed E-state index contributed by atoms with van der Waals surface area (Å²) >= 11 is 0. The number of amides is 1. The number of fused-ring (bicyclic) bond motifs is 1. The van der Waals surface area contributed by atoms with Crippen LogP contribution >= 0.6 is 0 Å². The van der Waals surface area contributed by atoms with Crippen molar-refractivity contribution in [1.82, 2.24) is 0 Å². The maximum absolute atomic E-state index is 12.1. The number of ether oxygens (including phenoxy) is 1. The molecular weight excluding hydrogens is 234 g/mol. The second kappa shape index (κ2) is 4.68. The number of hydrogen-bond acceptors (Lipinski definition) is 4. The Labute approximate surface area is 105 Å². The summed E-state index contributed by atoms with van der Waals surface area (Å²) < 4.78 is 4.90.